The quantitative estimate of drug-likeness (QED) is 0.754. The van der Waals surface area contributed by atoms with Crippen LogP contribution in [0.25, 0.3) is 0 Å². The smallest absolute Gasteiger partial charge is 0.260 e. The van der Waals surface area contributed by atoms with Gasteiger partial charge < -0.3 is 15.4 Å². The molecule has 0 radical (unpaired) electrons. The van der Waals surface area contributed by atoms with Gasteiger partial charge in [0.25, 0.3) is 10.0 Å². The van der Waals surface area contributed by atoms with Crippen LogP contribution in [0, 0.1) is 5.41 Å². The van der Waals surface area contributed by atoms with E-state index in [9.17, 15) is 13.5 Å². The number of nitrogens with two attached hydrogens (primary N) is 1. The second-order valence-corrected chi connectivity index (χ2v) is 8.44. The molecule has 1 aromatic rings. The van der Waals surface area contributed by atoms with Crippen LogP contribution in [0.5, 0.6) is 0 Å². The van der Waals surface area contributed by atoms with Crippen molar-refractivity contribution in [3.8, 4) is 0 Å². The van der Waals surface area contributed by atoms with E-state index in [-0.39, 0.29) is 22.8 Å². The first-order valence-electron chi connectivity index (χ1n) is 7.04. The molecule has 0 bridgehead atoms. The first kappa shape index (κ1) is 16.3. The van der Waals surface area contributed by atoms with Gasteiger partial charge >= 0.3 is 0 Å². The fraction of sp³-hybridized carbons (Fsp3) is 0.769. The molecule has 0 aliphatic heterocycles. The van der Waals surface area contributed by atoms with Crippen LogP contribution < -0.4 is 10.5 Å². The summed E-state index contributed by atoms with van der Waals surface area (Å²) in [4.78, 5) is 3.77. The number of nitrogens with one attached hydrogen (secondary N) is 1. The fourth-order valence-electron chi connectivity index (χ4n) is 2.63. The first-order chi connectivity index (χ1) is 9.55. The zero-order chi connectivity index (χ0) is 15.9. The molecule has 0 spiro atoms. The largest absolute Gasteiger partial charge is 0.389 e. The molecule has 7 nitrogen and oxygen atoms in total. The molecule has 1 aromatic heterocycles. The lowest BCUT2D eigenvalue weighted by Crippen LogP contribution is -2.46. The van der Waals surface area contributed by atoms with Gasteiger partial charge in [-0.3, -0.25) is 0 Å². The van der Waals surface area contributed by atoms with Crippen LogP contribution in [0.4, 0.5) is 5.82 Å². The van der Waals surface area contributed by atoms with Crippen molar-refractivity contribution in [3.63, 3.8) is 0 Å². The summed E-state index contributed by atoms with van der Waals surface area (Å²) in [6, 6.07) is 0. The zero-order valence-corrected chi connectivity index (χ0v) is 13.6. The zero-order valence-electron chi connectivity index (χ0n) is 12.8. The van der Waals surface area contributed by atoms with Crippen molar-refractivity contribution < 1.29 is 13.5 Å². The molecule has 2 rings (SSSR count). The number of rotatable bonds is 4. The summed E-state index contributed by atoms with van der Waals surface area (Å²) in [5, 5.41) is 10.5. The van der Waals surface area contributed by atoms with Gasteiger partial charge in [-0.25, -0.2) is 18.1 Å². The van der Waals surface area contributed by atoms with Crippen LogP contribution in [-0.2, 0) is 17.1 Å². The van der Waals surface area contributed by atoms with Crippen LogP contribution in [0.15, 0.2) is 11.4 Å². The monoisotopic (exact) mass is 316 g/mol. The second kappa shape index (κ2) is 5.26. The Morgan fingerprint density at radius 3 is 2.43 bits per heavy atom. The lowest BCUT2D eigenvalue weighted by Gasteiger charge is -2.40. The number of nitrogens with zero attached hydrogens (tertiary/aromatic N) is 2. The Bertz CT molecular complexity index is 592. The predicted molar refractivity (Wildman–Crippen MR) is 80.0 cm³/mol. The highest BCUT2D eigenvalue weighted by molar-refractivity contribution is 7.89. The van der Waals surface area contributed by atoms with Crippen LogP contribution in [0.3, 0.4) is 0 Å². The normalized spacial score (nSPS) is 21.3. The van der Waals surface area contributed by atoms with Gasteiger partial charge in [0.05, 0.1) is 11.9 Å². The molecule has 120 valence electrons. The second-order valence-electron chi connectivity index (χ2n) is 6.76. The highest BCUT2D eigenvalue weighted by Crippen LogP contribution is 2.39. The van der Waals surface area contributed by atoms with E-state index < -0.39 is 15.6 Å². The summed E-state index contributed by atoms with van der Waals surface area (Å²) in [5.41, 5.74) is 4.81. The van der Waals surface area contributed by atoms with Crippen LogP contribution in [0.1, 0.15) is 39.5 Å². The maximum Gasteiger partial charge on any atom is 0.260 e. The molecule has 4 N–H and O–H groups in total. The molecule has 0 amide bonds. The average molecular weight is 316 g/mol. The number of aliphatic hydroxyl groups is 1. The van der Waals surface area contributed by atoms with E-state index >= 15 is 0 Å². The van der Waals surface area contributed by atoms with E-state index in [2.05, 4.69) is 23.6 Å². The number of aromatic nitrogens is 2. The molecule has 8 heteroatoms. The van der Waals surface area contributed by atoms with Crippen LogP contribution in [0.2, 0.25) is 0 Å². The molecular weight excluding hydrogens is 292 g/mol. The number of sulfonamides is 1. The van der Waals surface area contributed by atoms with Gasteiger partial charge in [0.15, 0.2) is 10.8 Å². The number of nitrogen functional groups attached to an aromatic ring is 1. The van der Waals surface area contributed by atoms with Gasteiger partial charge in [-0.1, -0.05) is 13.8 Å². The van der Waals surface area contributed by atoms with Gasteiger partial charge in [-0.15, -0.1) is 0 Å². The van der Waals surface area contributed by atoms with Gasteiger partial charge in [-0.2, -0.15) is 0 Å². The highest BCUT2D eigenvalue weighted by Gasteiger charge is 2.37. The van der Waals surface area contributed by atoms with Crippen molar-refractivity contribution in [2.45, 2.75) is 50.2 Å². The SMILES string of the molecule is Cn1cnc(N)c1S(=O)(=O)NCC1(O)CCC(C)(C)CC1. The van der Waals surface area contributed by atoms with Gasteiger partial charge in [0, 0.05) is 13.6 Å². The predicted octanol–water partition coefficient (Wildman–Crippen LogP) is 0.612. The third-order valence-electron chi connectivity index (χ3n) is 4.29. The molecule has 1 heterocycles. The Kier molecular flexibility index (Phi) is 4.07. The number of anilines is 1. The number of hydrogen-bond acceptors (Lipinski definition) is 5. The van der Waals surface area contributed by atoms with Crippen LogP contribution >= 0.6 is 0 Å². The molecule has 1 saturated carbocycles. The van der Waals surface area contributed by atoms with E-state index in [1.165, 1.54) is 10.9 Å². The summed E-state index contributed by atoms with van der Waals surface area (Å²) in [6.45, 7) is 4.32. The highest BCUT2D eigenvalue weighted by atomic mass is 32.2. The Morgan fingerprint density at radius 2 is 1.95 bits per heavy atom. The van der Waals surface area contributed by atoms with Crippen molar-refractivity contribution in [2.75, 3.05) is 12.3 Å². The van der Waals surface area contributed by atoms with Crippen LogP contribution in [-0.4, -0.2) is 35.2 Å². The van der Waals surface area contributed by atoms with E-state index in [4.69, 9.17) is 5.73 Å². The maximum absolute atomic E-state index is 12.3. The van der Waals surface area contributed by atoms with Crippen molar-refractivity contribution >= 4 is 15.8 Å². The Morgan fingerprint density at radius 1 is 1.38 bits per heavy atom. The summed E-state index contributed by atoms with van der Waals surface area (Å²) < 4.78 is 28.4. The molecule has 0 unspecified atom stereocenters. The van der Waals surface area contributed by atoms with Gasteiger partial charge in [-0.05, 0) is 31.1 Å². The lowest BCUT2D eigenvalue weighted by molar-refractivity contribution is -0.0206. The van der Waals surface area contributed by atoms with E-state index in [1.807, 2.05) is 0 Å². The standard InChI is InChI=1S/C13H24N4O3S/c1-12(2)4-6-13(18,7-5-12)8-16-21(19,20)11-10(14)15-9-17(11)3/h9,16,18H,4-8,14H2,1-3H3. The Hall–Kier alpha value is -1.12. The topological polar surface area (TPSA) is 110 Å². The molecule has 1 aliphatic rings. The van der Waals surface area contributed by atoms with E-state index in [0.29, 0.717) is 12.8 Å². The molecule has 0 aromatic carbocycles. The minimum atomic E-state index is -3.78. The third-order valence-corrected chi connectivity index (χ3v) is 5.82. The molecule has 0 atom stereocenters. The Labute approximate surface area is 125 Å². The number of imidazole rings is 1. The minimum absolute atomic E-state index is 0.00394. The molecular formula is C13H24N4O3S. The molecule has 1 fully saturated rings. The Balaban J connectivity index is 2.06. The summed E-state index contributed by atoms with van der Waals surface area (Å²) in [7, 11) is -2.21. The van der Waals surface area contributed by atoms with Crippen molar-refractivity contribution in [3.05, 3.63) is 6.33 Å². The molecule has 1 aliphatic carbocycles. The molecule has 0 saturated heterocycles. The summed E-state index contributed by atoms with van der Waals surface area (Å²) in [6.07, 6.45) is 4.27. The van der Waals surface area contributed by atoms with E-state index in [1.54, 1.807) is 7.05 Å². The van der Waals surface area contributed by atoms with Gasteiger partial charge in [0.1, 0.15) is 0 Å². The third kappa shape index (κ3) is 3.56. The lowest BCUT2D eigenvalue weighted by atomic mass is 9.71. The van der Waals surface area contributed by atoms with Crippen molar-refractivity contribution in [2.24, 2.45) is 12.5 Å². The fourth-order valence-corrected chi connectivity index (χ4v) is 3.98. The number of aryl methyl sites for hydroxylation is 1. The summed E-state index contributed by atoms with van der Waals surface area (Å²) >= 11 is 0. The minimum Gasteiger partial charge on any atom is -0.389 e. The average Bonchev–Trinajstić information content (AvgIpc) is 2.72. The van der Waals surface area contributed by atoms with Gasteiger partial charge in [0.2, 0.25) is 0 Å². The maximum atomic E-state index is 12.3. The first-order valence-corrected chi connectivity index (χ1v) is 8.52. The molecule has 21 heavy (non-hydrogen) atoms. The summed E-state index contributed by atoms with van der Waals surface area (Å²) in [5.74, 6) is -0.0400. The number of hydrogen-bond donors (Lipinski definition) is 3. The van der Waals surface area contributed by atoms with E-state index in [0.717, 1.165) is 12.8 Å². The van der Waals surface area contributed by atoms with Crippen molar-refractivity contribution in [1.82, 2.24) is 14.3 Å². The van der Waals surface area contributed by atoms with Crippen molar-refractivity contribution in [1.29, 1.82) is 0 Å².